The third-order valence-corrected chi connectivity index (χ3v) is 4.64. The van der Waals surface area contributed by atoms with Crippen molar-refractivity contribution in [2.24, 2.45) is 11.7 Å². The number of benzene rings is 1. The van der Waals surface area contributed by atoms with E-state index in [1.165, 1.54) is 11.3 Å². The lowest BCUT2D eigenvalue weighted by molar-refractivity contribution is 0.458. The molecule has 0 bridgehead atoms. The number of fused-ring (bicyclic) bond motifs is 1. The van der Waals surface area contributed by atoms with Gasteiger partial charge in [0.05, 0.1) is 0 Å². The molecule has 3 rings (SSSR count). The normalized spacial score (nSPS) is 17.6. The minimum Gasteiger partial charge on any atom is -0.330 e. The number of rotatable bonds is 3. The zero-order valence-corrected chi connectivity index (χ0v) is 13.0. The number of aromatic nitrogens is 2. The molecule has 1 atom stereocenters. The van der Waals surface area contributed by atoms with Gasteiger partial charge in [0.25, 0.3) is 0 Å². The standard InChI is InChI=1S/C17H20ClN3/c1-11-14-8-12(10-19)6-7-16(14)21-17(20-11)9-13-4-2-3-5-15(13)18/h2-5,12H,6-10,19H2,1H3. The molecule has 0 spiro atoms. The molecule has 0 amide bonds. The molecule has 21 heavy (non-hydrogen) atoms. The molecule has 4 heteroatoms. The van der Waals surface area contributed by atoms with Gasteiger partial charge in [-0.3, -0.25) is 0 Å². The van der Waals surface area contributed by atoms with Crippen molar-refractivity contribution in [3.63, 3.8) is 0 Å². The Hall–Kier alpha value is -1.45. The fraction of sp³-hybridized carbons (Fsp3) is 0.412. The van der Waals surface area contributed by atoms with Gasteiger partial charge in [-0.25, -0.2) is 9.97 Å². The van der Waals surface area contributed by atoms with Gasteiger partial charge >= 0.3 is 0 Å². The van der Waals surface area contributed by atoms with Crippen molar-refractivity contribution >= 4 is 11.6 Å². The molecule has 2 N–H and O–H groups in total. The Morgan fingerprint density at radius 3 is 2.86 bits per heavy atom. The van der Waals surface area contributed by atoms with Crippen molar-refractivity contribution in [1.82, 2.24) is 9.97 Å². The Morgan fingerprint density at radius 1 is 1.29 bits per heavy atom. The Kier molecular flexibility index (Phi) is 4.22. The van der Waals surface area contributed by atoms with Crippen LogP contribution in [0.2, 0.25) is 5.02 Å². The van der Waals surface area contributed by atoms with Gasteiger partial charge < -0.3 is 5.73 Å². The number of aryl methyl sites for hydroxylation is 2. The molecule has 110 valence electrons. The van der Waals surface area contributed by atoms with Crippen LogP contribution in [0.1, 0.15) is 34.8 Å². The van der Waals surface area contributed by atoms with E-state index in [2.05, 4.69) is 11.9 Å². The molecule has 1 aromatic carbocycles. The van der Waals surface area contributed by atoms with Crippen LogP contribution < -0.4 is 5.73 Å². The van der Waals surface area contributed by atoms with E-state index < -0.39 is 0 Å². The quantitative estimate of drug-likeness (QED) is 0.948. The summed E-state index contributed by atoms with van der Waals surface area (Å²) in [7, 11) is 0. The predicted octanol–water partition coefficient (Wildman–Crippen LogP) is 3.09. The lowest BCUT2D eigenvalue weighted by atomic mass is 9.86. The molecule has 0 aliphatic heterocycles. The summed E-state index contributed by atoms with van der Waals surface area (Å²) in [5, 5.41) is 0.777. The molecule has 1 aliphatic rings. The molecule has 3 nitrogen and oxygen atoms in total. The Bertz CT molecular complexity index is 654. The first-order valence-corrected chi connectivity index (χ1v) is 7.84. The fourth-order valence-electron chi connectivity index (χ4n) is 3.01. The van der Waals surface area contributed by atoms with Crippen molar-refractivity contribution in [2.45, 2.75) is 32.6 Å². The number of halogens is 1. The largest absolute Gasteiger partial charge is 0.330 e. The van der Waals surface area contributed by atoms with E-state index in [9.17, 15) is 0 Å². The second-order valence-electron chi connectivity index (χ2n) is 5.76. The summed E-state index contributed by atoms with van der Waals surface area (Å²) in [5.74, 6) is 1.44. The SMILES string of the molecule is Cc1nc(Cc2ccccc2Cl)nc2c1CC(CN)CC2. The van der Waals surface area contributed by atoms with Crippen molar-refractivity contribution in [3.05, 3.63) is 57.6 Å². The van der Waals surface area contributed by atoms with Crippen LogP contribution in [0.3, 0.4) is 0 Å². The van der Waals surface area contributed by atoms with Crippen LogP contribution in [0.5, 0.6) is 0 Å². The summed E-state index contributed by atoms with van der Waals surface area (Å²) in [5.41, 5.74) is 10.5. The molecule has 0 radical (unpaired) electrons. The Morgan fingerprint density at radius 2 is 2.10 bits per heavy atom. The Balaban J connectivity index is 1.89. The van der Waals surface area contributed by atoms with Crippen LogP contribution in [0, 0.1) is 12.8 Å². The van der Waals surface area contributed by atoms with Gasteiger partial charge in [-0.1, -0.05) is 29.8 Å². The van der Waals surface area contributed by atoms with Crippen molar-refractivity contribution < 1.29 is 0 Å². The average molecular weight is 302 g/mol. The van der Waals surface area contributed by atoms with Crippen LogP contribution in [0.15, 0.2) is 24.3 Å². The van der Waals surface area contributed by atoms with Crippen molar-refractivity contribution in [1.29, 1.82) is 0 Å². The van der Waals surface area contributed by atoms with Crippen LogP contribution in [-0.2, 0) is 19.3 Å². The van der Waals surface area contributed by atoms with E-state index in [1.807, 2.05) is 24.3 Å². The monoisotopic (exact) mass is 301 g/mol. The second-order valence-corrected chi connectivity index (χ2v) is 6.17. The zero-order valence-electron chi connectivity index (χ0n) is 12.3. The first-order chi connectivity index (χ1) is 10.2. The molecule has 1 heterocycles. The molecule has 2 aromatic rings. The van der Waals surface area contributed by atoms with Gasteiger partial charge in [0.15, 0.2) is 0 Å². The van der Waals surface area contributed by atoms with E-state index in [0.29, 0.717) is 12.3 Å². The molecule has 1 aliphatic carbocycles. The summed E-state index contributed by atoms with van der Waals surface area (Å²) >= 11 is 6.23. The van der Waals surface area contributed by atoms with Gasteiger partial charge in [0.1, 0.15) is 5.82 Å². The minimum atomic E-state index is 0.578. The van der Waals surface area contributed by atoms with Gasteiger partial charge in [0.2, 0.25) is 0 Å². The average Bonchev–Trinajstić information content (AvgIpc) is 2.49. The highest BCUT2D eigenvalue weighted by molar-refractivity contribution is 6.31. The minimum absolute atomic E-state index is 0.578. The third-order valence-electron chi connectivity index (χ3n) is 4.27. The molecule has 1 aromatic heterocycles. The first-order valence-electron chi connectivity index (χ1n) is 7.46. The van der Waals surface area contributed by atoms with Crippen molar-refractivity contribution in [2.75, 3.05) is 6.54 Å². The summed E-state index contributed by atoms with van der Waals surface area (Å²) in [6.07, 6.45) is 3.85. The number of nitrogens with two attached hydrogens (primary N) is 1. The third kappa shape index (κ3) is 3.09. The number of nitrogens with zero attached hydrogens (tertiary/aromatic N) is 2. The summed E-state index contributed by atoms with van der Waals surface area (Å²) < 4.78 is 0. The molecule has 0 saturated heterocycles. The van der Waals surface area contributed by atoms with Gasteiger partial charge in [-0.2, -0.15) is 0 Å². The highest BCUT2D eigenvalue weighted by Crippen LogP contribution is 2.26. The molecular weight excluding hydrogens is 282 g/mol. The lowest BCUT2D eigenvalue weighted by Gasteiger charge is -2.24. The molecule has 0 fully saturated rings. The Labute approximate surface area is 130 Å². The number of hydrogen-bond donors (Lipinski definition) is 1. The summed E-state index contributed by atoms with van der Waals surface area (Å²) in [6, 6.07) is 7.88. The first kappa shape index (κ1) is 14.5. The van der Waals surface area contributed by atoms with E-state index in [1.54, 1.807) is 0 Å². The summed E-state index contributed by atoms with van der Waals surface area (Å²) in [6.45, 7) is 2.83. The maximum atomic E-state index is 6.23. The summed E-state index contributed by atoms with van der Waals surface area (Å²) in [4.78, 5) is 9.45. The van der Waals surface area contributed by atoms with Gasteiger partial charge in [-0.15, -0.1) is 0 Å². The molecule has 0 saturated carbocycles. The van der Waals surface area contributed by atoms with Crippen LogP contribution >= 0.6 is 11.6 Å². The van der Waals surface area contributed by atoms with E-state index in [4.69, 9.17) is 22.3 Å². The number of hydrogen-bond acceptors (Lipinski definition) is 3. The predicted molar refractivity (Wildman–Crippen MR) is 85.6 cm³/mol. The zero-order chi connectivity index (χ0) is 14.8. The van der Waals surface area contributed by atoms with E-state index in [-0.39, 0.29) is 0 Å². The van der Waals surface area contributed by atoms with Gasteiger partial charge in [0, 0.05) is 22.8 Å². The topological polar surface area (TPSA) is 51.8 Å². The van der Waals surface area contributed by atoms with Gasteiger partial charge in [-0.05, 0) is 55.8 Å². The highest BCUT2D eigenvalue weighted by Gasteiger charge is 2.21. The lowest BCUT2D eigenvalue weighted by Crippen LogP contribution is -2.24. The van der Waals surface area contributed by atoms with Crippen molar-refractivity contribution in [3.8, 4) is 0 Å². The highest BCUT2D eigenvalue weighted by atomic mass is 35.5. The molecular formula is C17H20ClN3. The maximum Gasteiger partial charge on any atom is 0.133 e. The smallest absolute Gasteiger partial charge is 0.133 e. The second kappa shape index (κ2) is 6.12. The fourth-order valence-corrected chi connectivity index (χ4v) is 3.22. The van der Waals surface area contributed by atoms with E-state index >= 15 is 0 Å². The van der Waals surface area contributed by atoms with Crippen LogP contribution in [-0.4, -0.2) is 16.5 Å². The van der Waals surface area contributed by atoms with Crippen LogP contribution in [0.4, 0.5) is 0 Å². The maximum absolute atomic E-state index is 6.23. The van der Waals surface area contributed by atoms with Crippen LogP contribution in [0.25, 0.3) is 0 Å². The van der Waals surface area contributed by atoms with E-state index in [0.717, 1.165) is 47.9 Å². The molecule has 1 unspecified atom stereocenters.